The van der Waals surface area contributed by atoms with Gasteiger partial charge >= 0.3 is 0 Å². The lowest BCUT2D eigenvalue weighted by atomic mass is 10.2. The maximum Gasteiger partial charge on any atom is 0.241 e. The summed E-state index contributed by atoms with van der Waals surface area (Å²) in [6, 6.07) is 2.27. The van der Waals surface area contributed by atoms with E-state index in [0.29, 0.717) is 12.5 Å². The van der Waals surface area contributed by atoms with Crippen molar-refractivity contribution in [3.8, 4) is 0 Å². The Hall–Kier alpha value is -1.14. The number of carbonyl (C=O) groups excluding carboxylic acids is 1. The second-order valence-corrected chi connectivity index (χ2v) is 4.49. The Balaban J connectivity index is 2.61. The van der Waals surface area contributed by atoms with Gasteiger partial charge in [0.15, 0.2) is 0 Å². The second-order valence-electron chi connectivity index (χ2n) is 3.50. The number of anilines is 1. The Morgan fingerprint density at radius 3 is 2.82 bits per heavy atom. The summed E-state index contributed by atoms with van der Waals surface area (Å²) in [5.41, 5.74) is 5.55. The van der Waals surface area contributed by atoms with Crippen LogP contribution in [0.1, 0.15) is 6.42 Å². The molecule has 0 fully saturated rings. The van der Waals surface area contributed by atoms with E-state index in [9.17, 15) is 13.6 Å². The largest absolute Gasteiger partial charge is 0.322 e. The molecule has 17 heavy (non-hydrogen) atoms. The number of thioether (sulfide) groups is 1. The van der Waals surface area contributed by atoms with E-state index in [4.69, 9.17) is 5.73 Å². The van der Waals surface area contributed by atoms with Crippen molar-refractivity contribution >= 4 is 23.4 Å². The van der Waals surface area contributed by atoms with Crippen molar-refractivity contribution in [1.82, 2.24) is 0 Å². The Kier molecular flexibility index (Phi) is 5.37. The summed E-state index contributed by atoms with van der Waals surface area (Å²) in [4.78, 5) is 11.5. The molecule has 0 radical (unpaired) electrons. The van der Waals surface area contributed by atoms with Crippen LogP contribution in [-0.2, 0) is 4.79 Å². The summed E-state index contributed by atoms with van der Waals surface area (Å²) >= 11 is 1.58. The van der Waals surface area contributed by atoms with Crippen LogP contribution in [0.15, 0.2) is 18.2 Å². The Morgan fingerprint density at radius 1 is 1.53 bits per heavy atom. The lowest BCUT2D eigenvalue weighted by Crippen LogP contribution is -2.36. The van der Waals surface area contributed by atoms with Crippen molar-refractivity contribution in [2.75, 3.05) is 17.3 Å². The van der Waals surface area contributed by atoms with Gasteiger partial charge in [0, 0.05) is 6.07 Å². The van der Waals surface area contributed by atoms with Crippen molar-refractivity contribution < 1.29 is 13.6 Å². The third kappa shape index (κ3) is 4.32. The van der Waals surface area contributed by atoms with Crippen LogP contribution in [0.3, 0.4) is 0 Å². The molecule has 0 saturated carbocycles. The van der Waals surface area contributed by atoms with Gasteiger partial charge in [-0.25, -0.2) is 8.78 Å². The van der Waals surface area contributed by atoms with Gasteiger partial charge in [-0.3, -0.25) is 4.79 Å². The van der Waals surface area contributed by atoms with Gasteiger partial charge in [-0.05, 0) is 30.6 Å². The summed E-state index contributed by atoms with van der Waals surface area (Å²) in [5.74, 6) is -1.22. The van der Waals surface area contributed by atoms with Crippen molar-refractivity contribution in [2.24, 2.45) is 5.73 Å². The highest BCUT2D eigenvalue weighted by Crippen LogP contribution is 2.15. The minimum Gasteiger partial charge on any atom is -0.322 e. The average molecular weight is 260 g/mol. The fourth-order valence-electron chi connectivity index (χ4n) is 1.19. The van der Waals surface area contributed by atoms with Crippen LogP contribution in [-0.4, -0.2) is 24.0 Å². The lowest BCUT2D eigenvalue weighted by molar-refractivity contribution is -0.117. The number of hydrogen-bond donors (Lipinski definition) is 2. The maximum absolute atomic E-state index is 13.2. The predicted molar refractivity (Wildman–Crippen MR) is 66.0 cm³/mol. The Labute approximate surface area is 103 Å². The highest BCUT2D eigenvalue weighted by molar-refractivity contribution is 7.98. The molecule has 3 nitrogen and oxygen atoms in total. The fraction of sp³-hybridized carbons (Fsp3) is 0.364. The highest BCUT2D eigenvalue weighted by Gasteiger charge is 2.14. The number of nitrogens with one attached hydrogen (secondary N) is 1. The van der Waals surface area contributed by atoms with Gasteiger partial charge in [0.25, 0.3) is 0 Å². The summed E-state index contributed by atoms with van der Waals surface area (Å²) < 4.78 is 25.9. The van der Waals surface area contributed by atoms with Crippen LogP contribution in [0.25, 0.3) is 0 Å². The molecule has 3 N–H and O–H groups in total. The van der Waals surface area contributed by atoms with Crippen LogP contribution in [0, 0.1) is 11.6 Å². The molecular formula is C11H14F2N2OS. The van der Waals surface area contributed by atoms with Crippen molar-refractivity contribution in [3.05, 3.63) is 29.8 Å². The zero-order valence-corrected chi connectivity index (χ0v) is 10.2. The SMILES string of the molecule is CSCC[C@@H](N)C(=O)Nc1ccc(F)cc1F. The van der Waals surface area contributed by atoms with Gasteiger partial charge in [0.1, 0.15) is 11.6 Å². The molecule has 1 aromatic carbocycles. The van der Waals surface area contributed by atoms with Crippen LogP contribution in [0.5, 0.6) is 0 Å². The minimum absolute atomic E-state index is 0.0593. The first kappa shape index (κ1) is 13.9. The molecule has 0 aliphatic rings. The lowest BCUT2D eigenvalue weighted by Gasteiger charge is -2.12. The van der Waals surface area contributed by atoms with Crippen molar-refractivity contribution in [1.29, 1.82) is 0 Å². The van der Waals surface area contributed by atoms with E-state index in [1.807, 2.05) is 6.26 Å². The molecule has 0 unspecified atom stereocenters. The molecule has 1 amide bonds. The standard InChI is InChI=1S/C11H14F2N2OS/c1-17-5-4-9(14)11(16)15-10-3-2-7(12)6-8(10)13/h2-3,6,9H,4-5,14H2,1H3,(H,15,16)/t9-/m1/s1. The van der Waals surface area contributed by atoms with E-state index in [0.717, 1.165) is 11.8 Å². The molecule has 0 aliphatic heterocycles. The smallest absolute Gasteiger partial charge is 0.241 e. The number of amides is 1. The van der Waals surface area contributed by atoms with E-state index in [-0.39, 0.29) is 5.69 Å². The van der Waals surface area contributed by atoms with Gasteiger partial charge in [-0.1, -0.05) is 0 Å². The Morgan fingerprint density at radius 2 is 2.24 bits per heavy atom. The van der Waals surface area contributed by atoms with Crippen molar-refractivity contribution in [3.63, 3.8) is 0 Å². The normalized spacial score (nSPS) is 12.2. The molecule has 0 heterocycles. The van der Waals surface area contributed by atoms with E-state index < -0.39 is 23.6 Å². The molecule has 94 valence electrons. The predicted octanol–water partition coefficient (Wildman–Crippen LogP) is 1.98. The van der Waals surface area contributed by atoms with Gasteiger partial charge in [-0.15, -0.1) is 0 Å². The summed E-state index contributed by atoms with van der Waals surface area (Å²) in [5, 5.41) is 2.33. The first-order chi connectivity index (χ1) is 8.04. The number of benzene rings is 1. The third-order valence-corrected chi connectivity index (χ3v) is 2.80. The van der Waals surface area contributed by atoms with E-state index >= 15 is 0 Å². The molecule has 6 heteroatoms. The molecule has 0 bridgehead atoms. The quantitative estimate of drug-likeness (QED) is 0.851. The molecule has 1 aromatic rings. The van der Waals surface area contributed by atoms with Gasteiger partial charge < -0.3 is 11.1 Å². The van der Waals surface area contributed by atoms with Crippen LogP contribution in [0.4, 0.5) is 14.5 Å². The zero-order chi connectivity index (χ0) is 12.8. The summed E-state index contributed by atoms with van der Waals surface area (Å²) in [6.45, 7) is 0. The van der Waals surface area contributed by atoms with Crippen LogP contribution in [0.2, 0.25) is 0 Å². The third-order valence-electron chi connectivity index (χ3n) is 2.16. The van der Waals surface area contributed by atoms with Gasteiger partial charge in [0.05, 0.1) is 11.7 Å². The fourth-order valence-corrected chi connectivity index (χ4v) is 1.68. The zero-order valence-electron chi connectivity index (χ0n) is 9.37. The van der Waals surface area contributed by atoms with E-state index in [1.165, 1.54) is 6.07 Å². The Bertz CT molecular complexity index is 401. The van der Waals surface area contributed by atoms with Crippen molar-refractivity contribution in [2.45, 2.75) is 12.5 Å². The molecular weight excluding hydrogens is 246 g/mol. The molecule has 0 aliphatic carbocycles. The average Bonchev–Trinajstić information content (AvgIpc) is 2.29. The van der Waals surface area contributed by atoms with E-state index in [1.54, 1.807) is 11.8 Å². The van der Waals surface area contributed by atoms with E-state index in [2.05, 4.69) is 5.32 Å². The minimum atomic E-state index is -0.810. The summed E-state index contributed by atoms with van der Waals surface area (Å²) in [7, 11) is 0. The first-order valence-corrected chi connectivity index (χ1v) is 6.44. The molecule has 1 rings (SSSR count). The van der Waals surface area contributed by atoms with Gasteiger partial charge in [-0.2, -0.15) is 11.8 Å². The summed E-state index contributed by atoms with van der Waals surface area (Å²) in [6.07, 6.45) is 2.42. The number of nitrogens with two attached hydrogens (primary N) is 1. The van der Waals surface area contributed by atoms with Crippen LogP contribution < -0.4 is 11.1 Å². The number of halogens is 2. The monoisotopic (exact) mass is 260 g/mol. The molecule has 0 aromatic heterocycles. The number of hydrogen-bond acceptors (Lipinski definition) is 3. The highest BCUT2D eigenvalue weighted by atomic mass is 32.2. The second kappa shape index (κ2) is 6.56. The van der Waals surface area contributed by atoms with Crippen LogP contribution >= 0.6 is 11.8 Å². The molecule has 0 saturated heterocycles. The molecule has 1 atom stereocenters. The molecule has 0 spiro atoms. The number of carbonyl (C=O) groups is 1. The number of rotatable bonds is 5. The maximum atomic E-state index is 13.2. The topological polar surface area (TPSA) is 55.1 Å². The first-order valence-electron chi connectivity index (χ1n) is 5.05. The van der Waals surface area contributed by atoms with Gasteiger partial charge in [0.2, 0.25) is 5.91 Å².